The lowest BCUT2D eigenvalue weighted by molar-refractivity contribution is -0.138. The molecule has 4 aromatic rings. The summed E-state index contributed by atoms with van der Waals surface area (Å²) in [5.74, 6) is -1.11. The number of halogens is 3. The minimum Gasteiger partial charge on any atom is -0.489 e. The molecule has 47 heavy (non-hydrogen) atoms. The maximum Gasteiger partial charge on any atom is 0.416 e. The Balaban J connectivity index is 1.25. The Kier molecular flexibility index (Phi) is 10.9. The number of carboxylic acid groups (broad SMARTS) is 2. The second kappa shape index (κ2) is 15.3. The molecule has 0 spiro atoms. The predicted octanol–water partition coefficient (Wildman–Crippen LogP) is 8.22. The number of carbonyl (C=O) groups is 2. The lowest BCUT2D eigenvalue weighted by atomic mass is 9.89. The minimum absolute atomic E-state index is 0.0395. The normalized spacial score (nSPS) is 14.5. The number of rotatable bonds is 14. The topological polar surface area (TPSA) is 100.0 Å². The highest BCUT2D eigenvalue weighted by atomic mass is 19.4. The number of nitrogens with zero attached hydrogens (tertiary/aromatic N) is 2. The molecule has 1 aromatic heterocycles. The summed E-state index contributed by atoms with van der Waals surface area (Å²) in [6, 6.07) is 24.0. The van der Waals surface area contributed by atoms with E-state index in [2.05, 4.69) is 9.88 Å². The van der Waals surface area contributed by atoms with Crippen LogP contribution < -0.4 is 4.74 Å². The molecule has 1 atom stereocenters. The highest BCUT2D eigenvalue weighted by Crippen LogP contribution is 2.35. The van der Waals surface area contributed by atoms with Gasteiger partial charge >= 0.3 is 18.1 Å². The third-order valence-corrected chi connectivity index (χ3v) is 8.54. The largest absolute Gasteiger partial charge is 0.489 e. The zero-order valence-electron chi connectivity index (χ0n) is 25.9. The second-order valence-electron chi connectivity index (χ2n) is 11.8. The van der Waals surface area contributed by atoms with E-state index >= 15 is 0 Å². The van der Waals surface area contributed by atoms with Gasteiger partial charge in [-0.2, -0.15) is 13.2 Å². The van der Waals surface area contributed by atoms with Gasteiger partial charge < -0.3 is 14.9 Å². The Morgan fingerprint density at radius 3 is 2.26 bits per heavy atom. The van der Waals surface area contributed by atoms with Crippen LogP contribution in [0.3, 0.4) is 0 Å². The third kappa shape index (κ3) is 8.98. The molecule has 1 unspecified atom stereocenters. The molecule has 10 heteroatoms. The summed E-state index contributed by atoms with van der Waals surface area (Å²) in [7, 11) is 0. The number of ether oxygens (including phenoxy) is 1. The summed E-state index contributed by atoms with van der Waals surface area (Å²) in [5.41, 5.74) is 4.65. The molecule has 2 N–H and O–H groups in total. The Morgan fingerprint density at radius 2 is 1.57 bits per heavy atom. The molecule has 1 heterocycles. The van der Waals surface area contributed by atoms with E-state index in [1.54, 1.807) is 6.07 Å². The van der Waals surface area contributed by atoms with Gasteiger partial charge in [0.25, 0.3) is 0 Å². The number of aromatic nitrogens is 1. The summed E-state index contributed by atoms with van der Waals surface area (Å²) < 4.78 is 45.0. The van der Waals surface area contributed by atoms with Crippen molar-refractivity contribution in [2.75, 3.05) is 13.1 Å². The fourth-order valence-electron chi connectivity index (χ4n) is 6.07. The predicted molar refractivity (Wildman–Crippen MR) is 171 cm³/mol. The number of aliphatic carboxylic acids is 1. The average molecular weight is 647 g/mol. The van der Waals surface area contributed by atoms with Crippen molar-refractivity contribution >= 4 is 11.9 Å². The highest BCUT2D eigenvalue weighted by molar-refractivity contribution is 5.85. The highest BCUT2D eigenvalue weighted by Gasteiger charge is 2.30. The maximum atomic E-state index is 12.9. The van der Waals surface area contributed by atoms with E-state index < -0.39 is 23.7 Å². The van der Waals surface area contributed by atoms with Gasteiger partial charge in [-0.15, -0.1) is 0 Å². The molecule has 246 valence electrons. The van der Waals surface area contributed by atoms with E-state index in [1.807, 2.05) is 54.6 Å². The summed E-state index contributed by atoms with van der Waals surface area (Å²) in [5, 5.41) is 18.6. The van der Waals surface area contributed by atoms with Crippen LogP contribution in [0.2, 0.25) is 0 Å². The van der Waals surface area contributed by atoms with E-state index in [0.717, 1.165) is 71.5 Å². The van der Waals surface area contributed by atoms with E-state index in [-0.39, 0.29) is 18.2 Å². The van der Waals surface area contributed by atoms with E-state index in [9.17, 15) is 27.9 Å². The van der Waals surface area contributed by atoms with E-state index in [4.69, 9.17) is 9.84 Å². The molecular weight excluding hydrogens is 609 g/mol. The Labute approximate surface area is 271 Å². The van der Waals surface area contributed by atoms with Gasteiger partial charge in [-0.05, 0) is 97.2 Å². The molecule has 0 bridgehead atoms. The summed E-state index contributed by atoms with van der Waals surface area (Å²) in [4.78, 5) is 29.4. The molecule has 0 amide bonds. The molecule has 1 aliphatic carbocycles. The second-order valence-corrected chi connectivity index (χ2v) is 11.8. The average Bonchev–Trinajstić information content (AvgIpc) is 3.06. The van der Waals surface area contributed by atoms with Gasteiger partial charge in [-0.1, -0.05) is 60.7 Å². The summed E-state index contributed by atoms with van der Waals surface area (Å²) in [6.07, 6.45) is 0.232. The number of alkyl halides is 3. The number of carboxylic acids is 2. The molecule has 5 rings (SSSR count). The standard InChI is InChI=1S/C37H37F3N2O5/c38-37(39,40)29-17-15-27(16-18-29)26-13-11-25(12-14-26)24-47-34-9-2-1-6-28(34)21-23-42(22-4-3-10-35(43)44)33-8-5-7-31-30(33)19-20-32(41-31)36(45)46/h1-2,6,9,11-20,33H,3-5,7-8,10,21-24H2,(H,43,44)(H,45,46). The monoisotopic (exact) mass is 646 g/mol. The number of unbranched alkanes of at least 4 members (excludes halogenated alkanes) is 1. The first-order valence-corrected chi connectivity index (χ1v) is 15.7. The zero-order valence-corrected chi connectivity index (χ0v) is 25.9. The molecular formula is C37H37F3N2O5. The fourth-order valence-corrected chi connectivity index (χ4v) is 6.07. The van der Waals surface area contributed by atoms with Crippen LogP contribution in [-0.2, 0) is 30.4 Å². The Bertz CT molecular complexity index is 1670. The first-order valence-electron chi connectivity index (χ1n) is 15.7. The van der Waals surface area contributed by atoms with Crippen LogP contribution in [0.1, 0.15) is 76.6 Å². The number of aromatic carboxylic acids is 1. The van der Waals surface area contributed by atoms with E-state index in [0.29, 0.717) is 38.1 Å². The molecule has 7 nitrogen and oxygen atoms in total. The Morgan fingerprint density at radius 1 is 0.872 bits per heavy atom. The first-order chi connectivity index (χ1) is 22.6. The number of fused-ring (bicyclic) bond motifs is 1. The van der Waals surface area contributed by atoms with Gasteiger partial charge in [0.15, 0.2) is 0 Å². The summed E-state index contributed by atoms with van der Waals surface area (Å²) >= 11 is 0. The van der Waals surface area contributed by atoms with Gasteiger partial charge in [0.1, 0.15) is 18.1 Å². The molecule has 0 radical (unpaired) electrons. The van der Waals surface area contributed by atoms with Gasteiger partial charge in [-0.25, -0.2) is 9.78 Å². The van der Waals surface area contributed by atoms with Crippen LogP contribution in [0.15, 0.2) is 84.9 Å². The molecule has 1 aliphatic rings. The van der Waals surface area contributed by atoms with Gasteiger partial charge in [0.2, 0.25) is 0 Å². The van der Waals surface area contributed by atoms with Crippen molar-refractivity contribution in [1.82, 2.24) is 9.88 Å². The fraction of sp³-hybridized carbons (Fsp3) is 0.324. The van der Waals surface area contributed by atoms with Crippen LogP contribution in [0.4, 0.5) is 13.2 Å². The number of aryl methyl sites for hydroxylation is 1. The van der Waals surface area contributed by atoms with Gasteiger partial charge in [0.05, 0.1) is 5.56 Å². The third-order valence-electron chi connectivity index (χ3n) is 8.54. The molecule has 0 saturated carbocycles. The summed E-state index contributed by atoms with van der Waals surface area (Å²) in [6.45, 7) is 1.71. The zero-order chi connectivity index (χ0) is 33.4. The van der Waals surface area contributed by atoms with E-state index in [1.165, 1.54) is 12.1 Å². The van der Waals surface area contributed by atoms with Crippen LogP contribution in [0.25, 0.3) is 11.1 Å². The molecule has 3 aromatic carbocycles. The minimum atomic E-state index is -4.37. The molecule has 0 fully saturated rings. The number of para-hydroxylation sites is 1. The van der Waals surface area contributed by atoms with Crippen LogP contribution in [-0.4, -0.2) is 45.1 Å². The maximum absolute atomic E-state index is 12.9. The van der Waals surface area contributed by atoms with Crippen LogP contribution in [0, 0.1) is 0 Å². The molecule has 0 aliphatic heterocycles. The van der Waals surface area contributed by atoms with Crippen molar-refractivity contribution in [3.05, 3.63) is 119 Å². The van der Waals surface area contributed by atoms with Crippen LogP contribution in [0.5, 0.6) is 5.75 Å². The molecule has 0 saturated heterocycles. The van der Waals surface area contributed by atoms with Gasteiger partial charge in [0, 0.05) is 24.7 Å². The van der Waals surface area contributed by atoms with Crippen LogP contribution >= 0.6 is 0 Å². The van der Waals surface area contributed by atoms with Gasteiger partial charge in [-0.3, -0.25) is 9.69 Å². The smallest absolute Gasteiger partial charge is 0.416 e. The first kappa shape index (κ1) is 33.7. The van der Waals surface area contributed by atoms with Crippen molar-refractivity contribution < 1.29 is 37.7 Å². The Hall–Kier alpha value is -4.70. The van der Waals surface area contributed by atoms with Crippen molar-refractivity contribution in [3.63, 3.8) is 0 Å². The van der Waals surface area contributed by atoms with Crippen molar-refractivity contribution in [2.24, 2.45) is 0 Å². The lowest BCUT2D eigenvalue weighted by Crippen LogP contribution is -2.34. The number of hydrogen-bond donors (Lipinski definition) is 2. The SMILES string of the molecule is O=C(O)CCCCN(CCc1ccccc1OCc1ccc(-c2ccc(C(F)(F)F)cc2)cc1)C1CCCc2nc(C(=O)O)ccc21. The number of benzene rings is 3. The number of hydrogen-bond acceptors (Lipinski definition) is 5. The number of pyridine rings is 1. The quantitative estimate of drug-likeness (QED) is 0.133. The van der Waals surface area contributed by atoms with Crippen molar-refractivity contribution in [3.8, 4) is 16.9 Å². The van der Waals surface area contributed by atoms with Crippen molar-refractivity contribution in [1.29, 1.82) is 0 Å². The van der Waals surface area contributed by atoms with Crippen molar-refractivity contribution in [2.45, 2.75) is 63.8 Å². The lowest BCUT2D eigenvalue weighted by Gasteiger charge is -2.36.